The standard InChI is InChI=1S/C21H26N6O2/c1-16-22-24-27(23-16)15-18-6-3-2-5-17(18)8-9-20(28)25-13-10-19(11-14-25)26-12-4-7-21(26)29/h2-3,5-6,8-9,19H,4,7,10-15H2,1H3/b9-8+. The number of likely N-dealkylation sites (tertiary alicyclic amines) is 2. The van der Waals surface area contributed by atoms with Gasteiger partial charge in [-0.2, -0.15) is 4.80 Å². The van der Waals surface area contributed by atoms with Gasteiger partial charge in [-0.05, 0) is 48.6 Å². The van der Waals surface area contributed by atoms with Crippen molar-refractivity contribution in [3.05, 3.63) is 47.3 Å². The fraction of sp³-hybridized carbons (Fsp3) is 0.476. The van der Waals surface area contributed by atoms with Crippen LogP contribution in [0.3, 0.4) is 0 Å². The number of benzene rings is 1. The molecule has 2 amide bonds. The van der Waals surface area contributed by atoms with Crippen molar-refractivity contribution in [2.45, 2.75) is 45.2 Å². The normalized spacial score (nSPS) is 18.2. The summed E-state index contributed by atoms with van der Waals surface area (Å²) in [6, 6.07) is 8.18. The Morgan fingerprint density at radius 3 is 2.69 bits per heavy atom. The van der Waals surface area contributed by atoms with Crippen molar-refractivity contribution < 1.29 is 9.59 Å². The topological polar surface area (TPSA) is 84.2 Å². The van der Waals surface area contributed by atoms with Crippen molar-refractivity contribution in [3.8, 4) is 0 Å². The molecule has 1 aromatic carbocycles. The van der Waals surface area contributed by atoms with Gasteiger partial charge in [-0.25, -0.2) is 0 Å². The van der Waals surface area contributed by atoms with Gasteiger partial charge in [0.1, 0.15) is 0 Å². The minimum absolute atomic E-state index is 0.0146. The fourth-order valence-electron chi connectivity index (χ4n) is 4.10. The highest BCUT2D eigenvalue weighted by atomic mass is 16.2. The van der Waals surface area contributed by atoms with E-state index < -0.39 is 0 Å². The van der Waals surface area contributed by atoms with Crippen molar-refractivity contribution in [3.63, 3.8) is 0 Å². The lowest BCUT2D eigenvalue weighted by molar-refractivity contribution is -0.132. The Morgan fingerprint density at radius 1 is 1.21 bits per heavy atom. The minimum Gasteiger partial charge on any atom is -0.340 e. The molecule has 3 heterocycles. The van der Waals surface area contributed by atoms with E-state index in [9.17, 15) is 9.59 Å². The zero-order valence-corrected chi connectivity index (χ0v) is 16.7. The van der Waals surface area contributed by atoms with Crippen LogP contribution in [0, 0.1) is 6.92 Å². The molecule has 0 unspecified atom stereocenters. The molecule has 0 radical (unpaired) electrons. The molecule has 0 spiro atoms. The van der Waals surface area contributed by atoms with E-state index in [-0.39, 0.29) is 17.9 Å². The number of hydrogen-bond acceptors (Lipinski definition) is 5. The smallest absolute Gasteiger partial charge is 0.246 e. The van der Waals surface area contributed by atoms with Gasteiger partial charge in [0.05, 0.1) is 6.54 Å². The third kappa shape index (κ3) is 4.52. The lowest BCUT2D eigenvalue weighted by Gasteiger charge is -2.36. The summed E-state index contributed by atoms with van der Waals surface area (Å²) in [5.41, 5.74) is 1.99. The molecule has 0 atom stereocenters. The van der Waals surface area contributed by atoms with Crippen LogP contribution >= 0.6 is 0 Å². The molecule has 0 N–H and O–H groups in total. The van der Waals surface area contributed by atoms with E-state index in [0.29, 0.717) is 31.9 Å². The molecule has 2 aliphatic heterocycles. The number of aryl methyl sites for hydroxylation is 1. The SMILES string of the molecule is Cc1nnn(Cc2ccccc2/C=C/C(=O)N2CCC(N3CCCC3=O)CC2)n1. The molecule has 152 valence electrons. The molecular formula is C21H26N6O2. The second kappa shape index (κ2) is 8.55. The van der Waals surface area contributed by atoms with E-state index in [1.54, 1.807) is 17.8 Å². The number of tetrazole rings is 1. The molecule has 4 rings (SSSR count). The van der Waals surface area contributed by atoms with E-state index in [1.807, 2.05) is 40.1 Å². The summed E-state index contributed by atoms with van der Waals surface area (Å²) in [6.07, 6.45) is 6.85. The highest BCUT2D eigenvalue weighted by Crippen LogP contribution is 2.22. The van der Waals surface area contributed by atoms with Gasteiger partial charge in [-0.15, -0.1) is 10.2 Å². The van der Waals surface area contributed by atoms with Gasteiger partial charge in [0, 0.05) is 38.2 Å². The van der Waals surface area contributed by atoms with Crippen LogP contribution < -0.4 is 0 Å². The van der Waals surface area contributed by atoms with Gasteiger partial charge < -0.3 is 9.80 Å². The molecule has 2 aliphatic rings. The first-order chi connectivity index (χ1) is 14.1. The summed E-state index contributed by atoms with van der Waals surface area (Å²) < 4.78 is 0. The zero-order chi connectivity index (χ0) is 20.2. The van der Waals surface area contributed by atoms with Gasteiger partial charge in [0.15, 0.2) is 5.82 Å². The summed E-state index contributed by atoms with van der Waals surface area (Å²) in [5, 5.41) is 12.1. The third-order valence-corrected chi connectivity index (χ3v) is 5.65. The number of carbonyl (C=O) groups excluding carboxylic acids is 2. The number of nitrogens with zero attached hydrogens (tertiary/aromatic N) is 6. The molecule has 0 bridgehead atoms. The first kappa shape index (κ1) is 19.3. The van der Waals surface area contributed by atoms with Gasteiger partial charge in [-0.1, -0.05) is 24.3 Å². The second-order valence-corrected chi connectivity index (χ2v) is 7.65. The van der Waals surface area contributed by atoms with Crippen LogP contribution in [0.2, 0.25) is 0 Å². The fourth-order valence-corrected chi connectivity index (χ4v) is 4.10. The molecule has 8 heteroatoms. The van der Waals surface area contributed by atoms with E-state index in [0.717, 1.165) is 36.9 Å². The molecule has 1 aromatic heterocycles. The summed E-state index contributed by atoms with van der Waals surface area (Å²) in [4.78, 5) is 30.0. The first-order valence-electron chi connectivity index (χ1n) is 10.2. The molecule has 2 saturated heterocycles. The predicted octanol–water partition coefficient (Wildman–Crippen LogP) is 1.66. The zero-order valence-electron chi connectivity index (χ0n) is 16.7. The quantitative estimate of drug-likeness (QED) is 0.720. The average Bonchev–Trinajstić information content (AvgIpc) is 3.35. The molecular weight excluding hydrogens is 368 g/mol. The molecule has 2 aromatic rings. The maximum Gasteiger partial charge on any atom is 0.246 e. The van der Waals surface area contributed by atoms with Gasteiger partial charge in [-0.3, -0.25) is 9.59 Å². The predicted molar refractivity (Wildman–Crippen MR) is 108 cm³/mol. The Morgan fingerprint density at radius 2 is 2.00 bits per heavy atom. The monoisotopic (exact) mass is 394 g/mol. The average molecular weight is 394 g/mol. The number of rotatable bonds is 5. The molecule has 29 heavy (non-hydrogen) atoms. The highest BCUT2D eigenvalue weighted by Gasteiger charge is 2.31. The summed E-state index contributed by atoms with van der Waals surface area (Å²) in [7, 11) is 0. The van der Waals surface area contributed by atoms with Crippen molar-refractivity contribution in [2.24, 2.45) is 0 Å². The molecule has 0 aliphatic carbocycles. The van der Waals surface area contributed by atoms with Crippen LogP contribution in [0.1, 0.15) is 42.6 Å². The van der Waals surface area contributed by atoms with Crippen LogP contribution in [0.5, 0.6) is 0 Å². The number of piperidine rings is 1. The summed E-state index contributed by atoms with van der Waals surface area (Å²) in [6.45, 7) is 4.57. The first-order valence-corrected chi connectivity index (χ1v) is 10.2. The van der Waals surface area contributed by atoms with Crippen LogP contribution in [-0.2, 0) is 16.1 Å². The number of carbonyl (C=O) groups is 2. The van der Waals surface area contributed by atoms with E-state index >= 15 is 0 Å². The molecule has 2 fully saturated rings. The van der Waals surface area contributed by atoms with Crippen LogP contribution in [-0.4, -0.2) is 67.5 Å². The summed E-state index contributed by atoms with van der Waals surface area (Å²) in [5.74, 6) is 0.913. The Balaban J connectivity index is 1.36. The largest absolute Gasteiger partial charge is 0.340 e. The number of aromatic nitrogens is 4. The van der Waals surface area contributed by atoms with Crippen molar-refractivity contribution in [1.29, 1.82) is 0 Å². The van der Waals surface area contributed by atoms with Crippen LogP contribution in [0.4, 0.5) is 0 Å². The van der Waals surface area contributed by atoms with Crippen molar-refractivity contribution in [1.82, 2.24) is 30.0 Å². The summed E-state index contributed by atoms with van der Waals surface area (Å²) >= 11 is 0. The number of amides is 2. The third-order valence-electron chi connectivity index (χ3n) is 5.65. The second-order valence-electron chi connectivity index (χ2n) is 7.65. The Hall–Kier alpha value is -3.03. The van der Waals surface area contributed by atoms with E-state index in [2.05, 4.69) is 15.4 Å². The maximum absolute atomic E-state index is 12.7. The van der Waals surface area contributed by atoms with Crippen molar-refractivity contribution >= 4 is 17.9 Å². The highest BCUT2D eigenvalue weighted by molar-refractivity contribution is 5.92. The van der Waals surface area contributed by atoms with E-state index in [4.69, 9.17) is 0 Å². The molecule has 8 nitrogen and oxygen atoms in total. The minimum atomic E-state index is 0.0146. The lowest BCUT2D eigenvalue weighted by atomic mass is 10.0. The molecule has 0 saturated carbocycles. The lowest BCUT2D eigenvalue weighted by Crippen LogP contribution is -2.46. The van der Waals surface area contributed by atoms with Gasteiger partial charge >= 0.3 is 0 Å². The Bertz CT molecular complexity index is 913. The van der Waals surface area contributed by atoms with Gasteiger partial charge in [0.2, 0.25) is 11.8 Å². The number of hydrogen-bond donors (Lipinski definition) is 0. The van der Waals surface area contributed by atoms with Crippen LogP contribution in [0.15, 0.2) is 30.3 Å². The Kier molecular flexibility index (Phi) is 5.69. The van der Waals surface area contributed by atoms with Crippen LogP contribution in [0.25, 0.3) is 6.08 Å². The Labute approximate surface area is 170 Å². The van der Waals surface area contributed by atoms with Crippen molar-refractivity contribution in [2.75, 3.05) is 19.6 Å². The van der Waals surface area contributed by atoms with Gasteiger partial charge in [0.25, 0.3) is 0 Å². The van der Waals surface area contributed by atoms with E-state index in [1.165, 1.54) is 0 Å². The maximum atomic E-state index is 12.7.